The van der Waals surface area contributed by atoms with E-state index in [9.17, 15) is 10.2 Å². The molecule has 3 rings (SSSR count). The monoisotopic (exact) mass is 290 g/mol. The van der Waals surface area contributed by atoms with Crippen molar-refractivity contribution in [2.24, 2.45) is 0 Å². The van der Waals surface area contributed by atoms with E-state index in [1.54, 1.807) is 18.2 Å². The summed E-state index contributed by atoms with van der Waals surface area (Å²) in [5.41, 5.74) is 1.73. The van der Waals surface area contributed by atoms with Crippen LogP contribution in [0.4, 0.5) is 0 Å². The predicted molar refractivity (Wildman–Crippen MR) is 77.6 cm³/mol. The van der Waals surface area contributed by atoms with E-state index in [0.29, 0.717) is 16.5 Å². The Morgan fingerprint density at radius 2 is 1.55 bits per heavy atom. The Kier molecular flexibility index (Phi) is 3.66. The Morgan fingerprint density at radius 1 is 0.900 bits per heavy atom. The van der Waals surface area contributed by atoms with Crippen LogP contribution in [0.1, 0.15) is 23.0 Å². The molecule has 0 spiro atoms. The number of fused-ring (bicyclic) bond motifs is 2. The van der Waals surface area contributed by atoms with Gasteiger partial charge in [-0.1, -0.05) is 29.8 Å². The molecule has 20 heavy (non-hydrogen) atoms. The van der Waals surface area contributed by atoms with Gasteiger partial charge in [0.2, 0.25) is 0 Å². The summed E-state index contributed by atoms with van der Waals surface area (Å²) < 4.78 is 5.94. The van der Waals surface area contributed by atoms with Crippen LogP contribution in [0.3, 0.4) is 0 Å². The maximum atomic E-state index is 9.77. The highest BCUT2D eigenvalue weighted by molar-refractivity contribution is 6.30. The maximum absolute atomic E-state index is 9.77. The van der Waals surface area contributed by atoms with Gasteiger partial charge in [0.15, 0.2) is 0 Å². The molecule has 2 atom stereocenters. The van der Waals surface area contributed by atoms with Crippen molar-refractivity contribution in [3.8, 4) is 11.5 Å². The minimum atomic E-state index is -0.239. The van der Waals surface area contributed by atoms with Gasteiger partial charge in [0.25, 0.3) is 0 Å². The molecule has 1 aliphatic heterocycles. The Hall–Kier alpha value is -1.55. The summed E-state index contributed by atoms with van der Waals surface area (Å²) in [5.74, 6) is 0.941. The van der Waals surface area contributed by atoms with Crippen molar-refractivity contribution >= 4 is 11.6 Å². The Morgan fingerprint density at radius 3 is 2.30 bits per heavy atom. The van der Waals surface area contributed by atoms with Crippen LogP contribution in [0.15, 0.2) is 42.5 Å². The van der Waals surface area contributed by atoms with Crippen molar-refractivity contribution < 1.29 is 14.9 Å². The van der Waals surface area contributed by atoms with E-state index in [1.165, 1.54) is 0 Å². The lowest BCUT2D eigenvalue weighted by Gasteiger charge is -2.23. The van der Waals surface area contributed by atoms with E-state index in [1.807, 2.05) is 24.3 Å². The van der Waals surface area contributed by atoms with Gasteiger partial charge in [0.05, 0.1) is 13.2 Å². The molecule has 1 unspecified atom stereocenters. The van der Waals surface area contributed by atoms with Crippen LogP contribution in [-0.2, 0) is 0 Å². The molecule has 0 radical (unpaired) electrons. The summed E-state index contributed by atoms with van der Waals surface area (Å²) in [6, 6.07) is 13.0. The van der Waals surface area contributed by atoms with Crippen molar-refractivity contribution in [2.75, 3.05) is 13.2 Å². The summed E-state index contributed by atoms with van der Waals surface area (Å²) in [4.78, 5) is 0. The smallest absolute Gasteiger partial charge is 0.131 e. The summed E-state index contributed by atoms with van der Waals surface area (Å²) in [7, 11) is 0. The average molecular weight is 291 g/mol. The Bertz CT molecular complexity index is 627. The van der Waals surface area contributed by atoms with E-state index in [4.69, 9.17) is 16.3 Å². The molecule has 2 aromatic rings. The number of benzene rings is 2. The van der Waals surface area contributed by atoms with Crippen LogP contribution >= 0.6 is 11.6 Å². The molecule has 1 aliphatic rings. The number of aliphatic hydroxyl groups excluding tert-OH is 2. The number of halogens is 1. The average Bonchev–Trinajstić information content (AvgIpc) is 2.60. The highest BCUT2D eigenvalue weighted by Crippen LogP contribution is 2.46. The Labute approximate surface area is 122 Å². The van der Waals surface area contributed by atoms with E-state index in [2.05, 4.69) is 0 Å². The summed E-state index contributed by atoms with van der Waals surface area (Å²) in [5, 5.41) is 20.1. The minimum absolute atomic E-state index is 0.0580. The zero-order chi connectivity index (χ0) is 14.1. The number of aliphatic hydroxyl groups is 2. The molecular weight excluding hydrogens is 276 g/mol. The summed E-state index contributed by atoms with van der Waals surface area (Å²) in [6.07, 6.45) is 0. The van der Waals surface area contributed by atoms with Crippen LogP contribution in [-0.4, -0.2) is 23.4 Å². The van der Waals surface area contributed by atoms with Crippen LogP contribution in [0.25, 0.3) is 0 Å². The van der Waals surface area contributed by atoms with Crippen molar-refractivity contribution in [1.29, 1.82) is 0 Å². The van der Waals surface area contributed by atoms with Gasteiger partial charge in [0, 0.05) is 28.0 Å². The lowest BCUT2D eigenvalue weighted by molar-refractivity contribution is 0.197. The Balaban J connectivity index is 2.21. The molecule has 2 N–H and O–H groups in total. The fourth-order valence-electron chi connectivity index (χ4n) is 2.78. The van der Waals surface area contributed by atoms with Gasteiger partial charge in [0.1, 0.15) is 11.5 Å². The van der Waals surface area contributed by atoms with E-state index < -0.39 is 0 Å². The first kappa shape index (κ1) is 13.4. The normalized spacial score (nSPS) is 20.6. The minimum Gasteiger partial charge on any atom is -0.457 e. The van der Waals surface area contributed by atoms with Gasteiger partial charge < -0.3 is 14.9 Å². The first-order chi connectivity index (χ1) is 9.74. The van der Waals surface area contributed by atoms with Crippen LogP contribution in [0.5, 0.6) is 11.5 Å². The third-order valence-electron chi connectivity index (χ3n) is 3.79. The van der Waals surface area contributed by atoms with Gasteiger partial charge >= 0.3 is 0 Å². The van der Waals surface area contributed by atoms with Crippen molar-refractivity contribution in [2.45, 2.75) is 11.8 Å². The van der Waals surface area contributed by atoms with Crippen molar-refractivity contribution in [3.63, 3.8) is 0 Å². The first-order valence-corrected chi connectivity index (χ1v) is 6.90. The van der Waals surface area contributed by atoms with E-state index >= 15 is 0 Å². The number of hydrogen-bond donors (Lipinski definition) is 2. The molecule has 2 aromatic carbocycles. The second-order valence-electron chi connectivity index (χ2n) is 4.90. The molecule has 0 aliphatic carbocycles. The largest absolute Gasteiger partial charge is 0.457 e. The molecule has 0 aromatic heterocycles. The second kappa shape index (κ2) is 5.44. The predicted octanol–water partition coefficient (Wildman–Crippen LogP) is 3.30. The highest BCUT2D eigenvalue weighted by atomic mass is 35.5. The molecule has 0 amide bonds. The SMILES string of the molecule is OCC1c2ccccc2Oc2ccc(Cl)cc2[C@H]1CO. The second-order valence-corrected chi connectivity index (χ2v) is 5.34. The van der Waals surface area contributed by atoms with E-state index in [0.717, 1.165) is 11.1 Å². The fourth-order valence-corrected chi connectivity index (χ4v) is 2.97. The molecule has 0 saturated heterocycles. The number of para-hydroxylation sites is 1. The highest BCUT2D eigenvalue weighted by Gasteiger charge is 2.31. The molecule has 0 fully saturated rings. The molecule has 1 heterocycles. The molecule has 0 bridgehead atoms. The molecule has 104 valence electrons. The number of rotatable bonds is 2. The van der Waals surface area contributed by atoms with Gasteiger partial charge in [-0.2, -0.15) is 0 Å². The zero-order valence-corrected chi connectivity index (χ0v) is 11.5. The third kappa shape index (κ3) is 2.18. The van der Waals surface area contributed by atoms with E-state index in [-0.39, 0.29) is 25.0 Å². The molecular formula is C16H15ClO3. The quantitative estimate of drug-likeness (QED) is 0.892. The van der Waals surface area contributed by atoms with Gasteiger partial charge in [-0.05, 0) is 24.3 Å². The summed E-state index contributed by atoms with van der Waals surface area (Å²) in [6.45, 7) is -0.131. The topological polar surface area (TPSA) is 49.7 Å². The molecule has 4 heteroatoms. The number of hydrogen-bond acceptors (Lipinski definition) is 3. The van der Waals surface area contributed by atoms with Crippen LogP contribution in [0.2, 0.25) is 5.02 Å². The number of ether oxygens (including phenoxy) is 1. The van der Waals surface area contributed by atoms with Gasteiger partial charge in [-0.3, -0.25) is 0 Å². The lowest BCUT2D eigenvalue weighted by Crippen LogP contribution is -2.17. The first-order valence-electron chi connectivity index (χ1n) is 6.52. The summed E-state index contributed by atoms with van der Waals surface area (Å²) >= 11 is 6.05. The lowest BCUT2D eigenvalue weighted by atomic mass is 9.82. The van der Waals surface area contributed by atoms with Crippen molar-refractivity contribution in [3.05, 3.63) is 58.6 Å². The van der Waals surface area contributed by atoms with Crippen LogP contribution in [0, 0.1) is 0 Å². The molecule has 3 nitrogen and oxygen atoms in total. The fraction of sp³-hybridized carbons (Fsp3) is 0.250. The van der Waals surface area contributed by atoms with Crippen LogP contribution < -0.4 is 4.74 Å². The maximum Gasteiger partial charge on any atom is 0.131 e. The van der Waals surface area contributed by atoms with Gasteiger partial charge in [-0.15, -0.1) is 0 Å². The van der Waals surface area contributed by atoms with Crippen molar-refractivity contribution in [1.82, 2.24) is 0 Å². The zero-order valence-electron chi connectivity index (χ0n) is 10.8. The van der Waals surface area contributed by atoms with Gasteiger partial charge in [-0.25, -0.2) is 0 Å². The third-order valence-corrected chi connectivity index (χ3v) is 4.02. The standard InChI is InChI=1S/C16H15ClO3/c17-10-5-6-16-12(7-10)14(9-19)13(8-18)11-3-1-2-4-15(11)20-16/h1-7,13-14,18-19H,8-9H2/t13?,14-/m1/s1. The molecule has 0 saturated carbocycles.